The van der Waals surface area contributed by atoms with Crippen molar-refractivity contribution in [2.45, 2.75) is 13.5 Å². The Hall–Kier alpha value is -2.20. The molecule has 0 aliphatic rings. The van der Waals surface area contributed by atoms with E-state index in [2.05, 4.69) is 10.6 Å². The van der Waals surface area contributed by atoms with E-state index in [4.69, 9.17) is 16.3 Å². The Morgan fingerprint density at radius 1 is 1.18 bits per heavy atom. The summed E-state index contributed by atoms with van der Waals surface area (Å²) in [5.41, 5.74) is 1.75. The van der Waals surface area contributed by atoms with Crippen LogP contribution in [0.5, 0.6) is 5.75 Å². The second-order valence-corrected chi connectivity index (χ2v) is 5.09. The Balaban J connectivity index is 1.80. The van der Waals surface area contributed by atoms with Crippen LogP contribution in [0.1, 0.15) is 12.5 Å². The van der Waals surface area contributed by atoms with Crippen molar-refractivity contribution in [2.24, 2.45) is 0 Å². The van der Waals surface area contributed by atoms with Gasteiger partial charge >= 0.3 is 0 Å². The van der Waals surface area contributed by atoms with Gasteiger partial charge in [-0.15, -0.1) is 0 Å². The molecule has 0 heterocycles. The SMILES string of the molecule is CCOc1cccc(NCC(=O)NCc2ccccc2Cl)c1. The first-order chi connectivity index (χ1) is 10.7. The van der Waals surface area contributed by atoms with Crippen LogP contribution >= 0.6 is 11.6 Å². The summed E-state index contributed by atoms with van der Waals surface area (Å²) in [5, 5.41) is 6.55. The van der Waals surface area contributed by atoms with Crippen LogP contribution in [0.3, 0.4) is 0 Å². The van der Waals surface area contributed by atoms with Crippen LogP contribution in [0.25, 0.3) is 0 Å². The fourth-order valence-electron chi connectivity index (χ4n) is 1.94. The van der Waals surface area contributed by atoms with Crippen LogP contribution < -0.4 is 15.4 Å². The summed E-state index contributed by atoms with van der Waals surface area (Å²) in [6.45, 7) is 3.16. The van der Waals surface area contributed by atoms with Gasteiger partial charge in [-0.3, -0.25) is 4.79 Å². The number of nitrogens with one attached hydrogen (secondary N) is 2. The number of hydrogen-bond donors (Lipinski definition) is 2. The van der Waals surface area contributed by atoms with E-state index in [1.54, 1.807) is 6.07 Å². The number of ether oxygens (including phenoxy) is 1. The van der Waals surface area contributed by atoms with E-state index in [9.17, 15) is 4.79 Å². The molecule has 0 aliphatic heterocycles. The molecule has 0 spiro atoms. The van der Waals surface area contributed by atoms with E-state index in [-0.39, 0.29) is 12.5 Å². The largest absolute Gasteiger partial charge is 0.494 e. The summed E-state index contributed by atoms with van der Waals surface area (Å²) in [6.07, 6.45) is 0. The zero-order valence-electron chi connectivity index (χ0n) is 12.4. The topological polar surface area (TPSA) is 50.4 Å². The van der Waals surface area contributed by atoms with Gasteiger partial charge in [0.15, 0.2) is 0 Å². The van der Waals surface area contributed by atoms with E-state index in [0.29, 0.717) is 18.2 Å². The molecule has 5 heteroatoms. The predicted molar refractivity (Wildman–Crippen MR) is 89.4 cm³/mol. The van der Waals surface area contributed by atoms with Crippen molar-refractivity contribution in [3.8, 4) is 5.75 Å². The van der Waals surface area contributed by atoms with Gasteiger partial charge in [-0.2, -0.15) is 0 Å². The van der Waals surface area contributed by atoms with Crippen LogP contribution in [0, 0.1) is 0 Å². The normalized spacial score (nSPS) is 10.1. The third kappa shape index (κ3) is 4.97. The van der Waals surface area contributed by atoms with Gasteiger partial charge in [0.2, 0.25) is 5.91 Å². The molecule has 0 aromatic heterocycles. The molecule has 0 bridgehead atoms. The molecule has 0 saturated heterocycles. The maximum Gasteiger partial charge on any atom is 0.239 e. The van der Waals surface area contributed by atoms with Crippen molar-refractivity contribution in [3.63, 3.8) is 0 Å². The van der Waals surface area contributed by atoms with E-state index in [1.165, 1.54) is 0 Å². The lowest BCUT2D eigenvalue weighted by atomic mass is 10.2. The fraction of sp³-hybridized carbons (Fsp3) is 0.235. The molecule has 0 atom stereocenters. The molecular formula is C17H19ClN2O2. The molecule has 22 heavy (non-hydrogen) atoms. The van der Waals surface area contributed by atoms with E-state index >= 15 is 0 Å². The second kappa shape index (κ2) is 8.29. The molecule has 4 nitrogen and oxygen atoms in total. The molecule has 0 saturated carbocycles. The number of halogens is 1. The highest BCUT2D eigenvalue weighted by Crippen LogP contribution is 2.17. The molecule has 1 amide bonds. The molecule has 2 N–H and O–H groups in total. The summed E-state index contributed by atoms with van der Waals surface area (Å²) in [6, 6.07) is 15.0. The van der Waals surface area contributed by atoms with Crippen molar-refractivity contribution in [1.29, 1.82) is 0 Å². The van der Waals surface area contributed by atoms with Crippen molar-refractivity contribution >= 4 is 23.2 Å². The summed E-state index contributed by atoms with van der Waals surface area (Å²) in [7, 11) is 0. The number of benzene rings is 2. The Morgan fingerprint density at radius 3 is 2.77 bits per heavy atom. The number of anilines is 1. The lowest BCUT2D eigenvalue weighted by Gasteiger charge is -2.10. The minimum absolute atomic E-state index is 0.0956. The molecule has 2 rings (SSSR count). The smallest absolute Gasteiger partial charge is 0.239 e. The van der Waals surface area contributed by atoms with E-state index in [0.717, 1.165) is 17.0 Å². The van der Waals surface area contributed by atoms with Gasteiger partial charge in [0.25, 0.3) is 0 Å². The molecule has 0 unspecified atom stereocenters. The zero-order valence-corrected chi connectivity index (χ0v) is 13.2. The highest BCUT2D eigenvalue weighted by atomic mass is 35.5. The predicted octanol–water partition coefficient (Wildman–Crippen LogP) is 3.47. The standard InChI is InChI=1S/C17H19ClN2O2/c1-2-22-15-8-5-7-14(10-15)19-12-17(21)20-11-13-6-3-4-9-16(13)18/h3-10,19H,2,11-12H2,1H3,(H,20,21). The third-order valence-electron chi connectivity index (χ3n) is 3.03. The van der Waals surface area contributed by atoms with E-state index in [1.807, 2.05) is 49.4 Å². The van der Waals surface area contributed by atoms with Gasteiger partial charge < -0.3 is 15.4 Å². The Bertz CT molecular complexity index is 632. The highest BCUT2D eigenvalue weighted by molar-refractivity contribution is 6.31. The zero-order chi connectivity index (χ0) is 15.8. The fourth-order valence-corrected chi connectivity index (χ4v) is 2.15. The number of carbonyl (C=O) groups excluding carboxylic acids is 1. The summed E-state index contributed by atoms with van der Waals surface area (Å²) in [5.74, 6) is 0.686. The number of carbonyl (C=O) groups is 1. The molecule has 0 aliphatic carbocycles. The van der Waals surface area contributed by atoms with Crippen molar-refractivity contribution < 1.29 is 9.53 Å². The summed E-state index contributed by atoms with van der Waals surface area (Å²) >= 11 is 6.05. The number of rotatable bonds is 7. The minimum atomic E-state index is -0.0956. The summed E-state index contributed by atoms with van der Waals surface area (Å²) < 4.78 is 5.42. The lowest BCUT2D eigenvalue weighted by molar-refractivity contribution is -0.119. The van der Waals surface area contributed by atoms with E-state index < -0.39 is 0 Å². The second-order valence-electron chi connectivity index (χ2n) is 4.68. The minimum Gasteiger partial charge on any atom is -0.494 e. The van der Waals surface area contributed by atoms with Crippen molar-refractivity contribution in [1.82, 2.24) is 5.32 Å². The van der Waals surface area contributed by atoms with Crippen LogP contribution in [-0.2, 0) is 11.3 Å². The lowest BCUT2D eigenvalue weighted by Crippen LogP contribution is -2.29. The van der Waals surface area contributed by atoms with Gasteiger partial charge in [-0.05, 0) is 30.7 Å². The van der Waals surface area contributed by atoms with Gasteiger partial charge in [0.1, 0.15) is 5.75 Å². The molecular weight excluding hydrogens is 300 g/mol. The molecule has 0 fully saturated rings. The molecule has 116 valence electrons. The monoisotopic (exact) mass is 318 g/mol. The van der Waals surface area contributed by atoms with Crippen molar-refractivity contribution in [2.75, 3.05) is 18.5 Å². The maximum absolute atomic E-state index is 11.9. The molecule has 2 aromatic rings. The number of hydrogen-bond acceptors (Lipinski definition) is 3. The molecule has 0 radical (unpaired) electrons. The van der Waals surface area contributed by atoms with Gasteiger partial charge in [-0.1, -0.05) is 35.9 Å². The molecule has 2 aromatic carbocycles. The van der Waals surface area contributed by atoms with Crippen LogP contribution in [0.15, 0.2) is 48.5 Å². The highest BCUT2D eigenvalue weighted by Gasteiger charge is 2.04. The Kier molecular flexibility index (Phi) is 6.10. The average Bonchev–Trinajstić information content (AvgIpc) is 2.53. The van der Waals surface area contributed by atoms with Gasteiger partial charge in [0.05, 0.1) is 13.2 Å². The third-order valence-corrected chi connectivity index (χ3v) is 3.40. The first-order valence-electron chi connectivity index (χ1n) is 7.16. The van der Waals surface area contributed by atoms with Gasteiger partial charge in [-0.25, -0.2) is 0 Å². The van der Waals surface area contributed by atoms with Gasteiger partial charge in [0, 0.05) is 23.3 Å². The van der Waals surface area contributed by atoms with Crippen molar-refractivity contribution in [3.05, 3.63) is 59.1 Å². The number of amides is 1. The first-order valence-corrected chi connectivity index (χ1v) is 7.53. The van der Waals surface area contributed by atoms with Crippen LogP contribution in [0.4, 0.5) is 5.69 Å². The Morgan fingerprint density at radius 2 is 2.00 bits per heavy atom. The quantitative estimate of drug-likeness (QED) is 0.822. The maximum atomic E-state index is 11.9. The first kappa shape index (κ1) is 16.2. The summed E-state index contributed by atoms with van der Waals surface area (Å²) in [4.78, 5) is 11.9. The van der Waals surface area contributed by atoms with Crippen LogP contribution in [-0.4, -0.2) is 19.1 Å². The average molecular weight is 319 g/mol. The Labute approximate surface area is 135 Å². The van der Waals surface area contributed by atoms with Crippen LogP contribution in [0.2, 0.25) is 5.02 Å².